The van der Waals surface area contributed by atoms with Gasteiger partial charge in [-0.15, -0.1) is 0 Å². The summed E-state index contributed by atoms with van der Waals surface area (Å²) in [7, 11) is 0. The van der Waals surface area contributed by atoms with E-state index in [1.54, 1.807) is 12.2 Å². The number of hydrogen-bond donors (Lipinski definition) is 0. The maximum atomic E-state index is 5.49. The molecule has 0 aliphatic carbocycles. The van der Waals surface area contributed by atoms with E-state index < -0.39 is 0 Å². The summed E-state index contributed by atoms with van der Waals surface area (Å²) in [5.74, 6) is 0.804. The Hall–Kier alpha value is -1.24. The molecule has 0 aromatic carbocycles. The Morgan fingerprint density at radius 3 is 2.60 bits per heavy atom. The van der Waals surface area contributed by atoms with Crippen molar-refractivity contribution in [2.45, 2.75) is 32.6 Å². The molecule has 0 radical (unpaired) electrons. The normalized spacial score (nSPS) is 11.7. The first kappa shape index (κ1) is 13.8. The molecule has 84 valence electrons. The summed E-state index contributed by atoms with van der Waals surface area (Å²) >= 11 is 0. The molecule has 0 unspecified atom stereocenters. The lowest BCUT2D eigenvalue weighted by molar-refractivity contribution is 0.217. The lowest BCUT2D eigenvalue weighted by atomic mass is 10.2. The first-order chi connectivity index (χ1) is 7.35. The van der Waals surface area contributed by atoms with Crippen LogP contribution >= 0.6 is 0 Å². The van der Waals surface area contributed by atoms with Crippen LogP contribution in [0.3, 0.4) is 0 Å². The van der Waals surface area contributed by atoms with E-state index in [0.29, 0.717) is 0 Å². The average molecular weight is 206 g/mol. The summed E-state index contributed by atoms with van der Waals surface area (Å²) in [5, 5.41) is 0. The molecule has 1 nitrogen and oxygen atoms in total. The van der Waals surface area contributed by atoms with Crippen LogP contribution < -0.4 is 0 Å². The summed E-state index contributed by atoms with van der Waals surface area (Å²) in [4.78, 5) is 0. The molecule has 0 heterocycles. The van der Waals surface area contributed by atoms with Crippen LogP contribution in [0.5, 0.6) is 0 Å². The number of rotatable bonds is 9. The molecule has 0 rings (SSSR count). The first-order valence-corrected chi connectivity index (χ1v) is 5.54. The van der Waals surface area contributed by atoms with Gasteiger partial charge in [0, 0.05) is 0 Å². The quantitative estimate of drug-likeness (QED) is 0.235. The lowest BCUT2D eigenvalue weighted by Gasteiger charge is -2.05. The second kappa shape index (κ2) is 10.8. The van der Waals surface area contributed by atoms with Crippen molar-refractivity contribution in [3.8, 4) is 0 Å². The highest BCUT2D eigenvalue weighted by Crippen LogP contribution is 2.04. The monoisotopic (exact) mass is 206 g/mol. The minimum atomic E-state index is 0.765. The van der Waals surface area contributed by atoms with E-state index in [9.17, 15) is 0 Å². The highest BCUT2D eigenvalue weighted by atomic mass is 16.5. The minimum absolute atomic E-state index is 0.765. The van der Waals surface area contributed by atoms with Crippen LogP contribution in [-0.4, -0.2) is 6.61 Å². The molecule has 0 aromatic rings. The Morgan fingerprint density at radius 2 is 2.00 bits per heavy atom. The van der Waals surface area contributed by atoms with Gasteiger partial charge in [0.1, 0.15) is 5.76 Å². The topological polar surface area (TPSA) is 9.23 Å². The highest BCUT2D eigenvalue weighted by Gasteiger charge is 1.91. The summed E-state index contributed by atoms with van der Waals surface area (Å²) < 4.78 is 5.49. The fourth-order valence-corrected chi connectivity index (χ4v) is 1.19. The maximum absolute atomic E-state index is 5.49. The Kier molecular flexibility index (Phi) is 9.94. The van der Waals surface area contributed by atoms with Gasteiger partial charge in [0.15, 0.2) is 0 Å². The van der Waals surface area contributed by atoms with Crippen molar-refractivity contribution in [1.29, 1.82) is 0 Å². The SMILES string of the molecule is C=C/C=C(\C=C)OCCCCC/C=C/C. The highest BCUT2D eigenvalue weighted by molar-refractivity contribution is 5.14. The van der Waals surface area contributed by atoms with Crippen LogP contribution in [0, 0.1) is 0 Å². The molecule has 0 aromatic heterocycles. The summed E-state index contributed by atoms with van der Waals surface area (Å²) in [6.07, 6.45) is 14.3. The van der Waals surface area contributed by atoms with Gasteiger partial charge in [-0.05, 0) is 44.8 Å². The number of allylic oxidation sites excluding steroid dienone is 5. The zero-order valence-electron chi connectivity index (χ0n) is 9.74. The average Bonchev–Trinajstić information content (AvgIpc) is 2.26. The van der Waals surface area contributed by atoms with E-state index in [2.05, 4.69) is 32.2 Å². The molecule has 0 aliphatic heterocycles. The largest absolute Gasteiger partial charge is 0.494 e. The van der Waals surface area contributed by atoms with Gasteiger partial charge in [-0.2, -0.15) is 0 Å². The Morgan fingerprint density at radius 1 is 1.20 bits per heavy atom. The standard InChI is InChI=1S/C14H22O/c1-4-7-8-9-10-11-13-15-14(6-3)12-5-2/h4-7,12H,2-3,8-11,13H2,1H3/b7-4+,14-12+. The van der Waals surface area contributed by atoms with Gasteiger partial charge in [0.05, 0.1) is 6.61 Å². The van der Waals surface area contributed by atoms with Crippen LogP contribution in [0.4, 0.5) is 0 Å². The molecule has 1 heteroatoms. The van der Waals surface area contributed by atoms with Crippen molar-refractivity contribution >= 4 is 0 Å². The zero-order chi connectivity index (χ0) is 11.4. The Balaban J connectivity index is 3.40. The van der Waals surface area contributed by atoms with Crippen LogP contribution in [0.2, 0.25) is 0 Å². The molecule has 0 aliphatic rings. The fraction of sp³-hybridized carbons (Fsp3) is 0.429. The fourth-order valence-electron chi connectivity index (χ4n) is 1.19. The van der Waals surface area contributed by atoms with Crippen LogP contribution in [-0.2, 0) is 4.74 Å². The summed E-state index contributed by atoms with van der Waals surface area (Å²) in [6.45, 7) is 10.1. The van der Waals surface area contributed by atoms with Gasteiger partial charge in [0.25, 0.3) is 0 Å². The predicted molar refractivity (Wildman–Crippen MR) is 67.7 cm³/mol. The van der Waals surface area contributed by atoms with E-state index in [-0.39, 0.29) is 0 Å². The smallest absolute Gasteiger partial charge is 0.118 e. The van der Waals surface area contributed by atoms with Gasteiger partial charge in [-0.3, -0.25) is 0 Å². The molecule has 0 saturated heterocycles. The molecule has 0 amide bonds. The number of ether oxygens (including phenoxy) is 1. The van der Waals surface area contributed by atoms with Gasteiger partial charge >= 0.3 is 0 Å². The van der Waals surface area contributed by atoms with Crippen molar-refractivity contribution in [2.24, 2.45) is 0 Å². The molecule has 0 spiro atoms. The van der Waals surface area contributed by atoms with Crippen molar-refractivity contribution in [3.05, 3.63) is 49.3 Å². The number of hydrogen-bond acceptors (Lipinski definition) is 1. The molecular formula is C14H22O. The Bertz CT molecular complexity index is 223. The van der Waals surface area contributed by atoms with Gasteiger partial charge < -0.3 is 4.74 Å². The third kappa shape index (κ3) is 9.07. The van der Waals surface area contributed by atoms with Crippen molar-refractivity contribution in [3.63, 3.8) is 0 Å². The molecule has 15 heavy (non-hydrogen) atoms. The molecule has 0 saturated carbocycles. The molecule has 0 atom stereocenters. The second-order valence-corrected chi connectivity index (χ2v) is 3.28. The summed E-state index contributed by atoms with van der Waals surface area (Å²) in [6, 6.07) is 0. The summed E-state index contributed by atoms with van der Waals surface area (Å²) in [5.41, 5.74) is 0. The van der Waals surface area contributed by atoms with E-state index >= 15 is 0 Å². The minimum Gasteiger partial charge on any atom is -0.494 e. The maximum Gasteiger partial charge on any atom is 0.118 e. The van der Waals surface area contributed by atoms with E-state index in [1.807, 2.05) is 6.08 Å². The predicted octanol–water partition coefficient (Wildman–Crippen LogP) is 4.40. The van der Waals surface area contributed by atoms with Crippen LogP contribution in [0.25, 0.3) is 0 Å². The Labute approximate surface area is 93.8 Å². The molecule has 0 fully saturated rings. The van der Waals surface area contributed by atoms with Crippen molar-refractivity contribution < 1.29 is 4.74 Å². The number of unbranched alkanes of at least 4 members (excludes halogenated alkanes) is 3. The molecular weight excluding hydrogens is 184 g/mol. The lowest BCUT2D eigenvalue weighted by Crippen LogP contribution is -1.92. The third-order valence-corrected chi connectivity index (χ3v) is 2.00. The van der Waals surface area contributed by atoms with Crippen LogP contribution in [0.15, 0.2) is 49.3 Å². The van der Waals surface area contributed by atoms with Gasteiger partial charge in [-0.1, -0.05) is 31.4 Å². The van der Waals surface area contributed by atoms with E-state index in [1.165, 1.54) is 19.3 Å². The van der Waals surface area contributed by atoms with E-state index in [4.69, 9.17) is 4.74 Å². The van der Waals surface area contributed by atoms with Crippen LogP contribution in [0.1, 0.15) is 32.6 Å². The first-order valence-electron chi connectivity index (χ1n) is 5.54. The second-order valence-electron chi connectivity index (χ2n) is 3.28. The van der Waals surface area contributed by atoms with E-state index in [0.717, 1.165) is 18.8 Å². The third-order valence-electron chi connectivity index (χ3n) is 2.00. The molecule has 0 N–H and O–H groups in total. The zero-order valence-corrected chi connectivity index (χ0v) is 9.74. The molecule has 0 bridgehead atoms. The van der Waals surface area contributed by atoms with Crippen molar-refractivity contribution in [1.82, 2.24) is 0 Å². The van der Waals surface area contributed by atoms with Gasteiger partial charge in [-0.25, -0.2) is 0 Å². The van der Waals surface area contributed by atoms with Gasteiger partial charge in [0.2, 0.25) is 0 Å². The van der Waals surface area contributed by atoms with Crippen molar-refractivity contribution in [2.75, 3.05) is 6.61 Å².